The maximum atomic E-state index is 13.6. The average molecular weight is 578 g/mol. The molecule has 2 amide bonds. The summed E-state index contributed by atoms with van der Waals surface area (Å²) < 4.78 is 13.6. The Hall–Kier alpha value is -5.30. The van der Waals surface area contributed by atoms with Crippen molar-refractivity contribution in [3.8, 4) is 17.3 Å². The molecule has 2 aromatic carbocycles. The molecule has 3 heterocycles. The maximum Gasteiger partial charge on any atom is 0.255 e. The molecule has 1 aliphatic heterocycles. The lowest BCUT2D eigenvalue weighted by atomic mass is 10.0. The number of aromatic nitrogens is 2. The topological polar surface area (TPSA) is 114 Å². The molecule has 4 aromatic rings. The van der Waals surface area contributed by atoms with Crippen molar-refractivity contribution in [3.63, 3.8) is 0 Å². The van der Waals surface area contributed by atoms with Gasteiger partial charge in [0, 0.05) is 58.0 Å². The molecule has 9 nitrogen and oxygen atoms in total. The minimum atomic E-state index is -0.315. The van der Waals surface area contributed by atoms with Crippen LogP contribution in [0.2, 0.25) is 0 Å². The van der Waals surface area contributed by atoms with Gasteiger partial charge in [-0.1, -0.05) is 36.4 Å². The molecule has 0 spiro atoms. The van der Waals surface area contributed by atoms with E-state index < -0.39 is 0 Å². The standard InChI is InChI=1S/C33H32FN7O2/c1-23(42)40-15-17-41(18-16-40)31-12-9-25(21-37-31)22-38-33(43)29-10-11-30(28-8-3-2-6-26(28)20-35)39-32(29)36-14-13-24-5-4-7-27(34)19-24/h2-12,19,21H,13-18,22H2,1H3,(H,36,39)(H,38,43). The van der Waals surface area contributed by atoms with E-state index in [1.807, 2.05) is 35.2 Å². The first-order chi connectivity index (χ1) is 20.9. The maximum absolute atomic E-state index is 13.6. The van der Waals surface area contributed by atoms with Gasteiger partial charge in [-0.3, -0.25) is 9.59 Å². The van der Waals surface area contributed by atoms with Gasteiger partial charge in [-0.25, -0.2) is 14.4 Å². The van der Waals surface area contributed by atoms with E-state index in [4.69, 9.17) is 4.98 Å². The van der Waals surface area contributed by atoms with Gasteiger partial charge in [0.1, 0.15) is 17.5 Å². The molecule has 2 aromatic heterocycles. The van der Waals surface area contributed by atoms with Gasteiger partial charge in [0.2, 0.25) is 5.91 Å². The Morgan fingerprint density at radius 3 is 2.51 bits per heavy atom. The zero-order valence-corrected chi connectivity index (χ0v) is 23.9. The summed E-state index contributed by atoms with van der Waals surface area (Å²) in [6, 6.07) is 23.0. The predicted molar refractivity (Wildman–Crippen MR) is 163 cm³/mol. The third-order valence-electron chi connectivity index (χ3n) is 7.37. The molecule has 2 N–H and O–H groups in total. The number of pyridine rings is 2. The van der Waals surface area contributed by atoms with Gasteiger partial charge in [-0.2, -0.15) is 5.26 Å². The summed E-state index contributed by atoms with van der Waals surface area (Å²) in [6.07, 6.45) is 2.27. The Labute approximate surface area is 250 Å². The second kappa shape index (κ2) is 13.6. The van der Waals surface area contributed by atoms with Crippen molar-refractivity contribution in [2.24, 2.45) is 0 Å². The lowest BCUT2D eigenvalue weighted by Gasteiger charge is -2.34. The van der Waals surface area contributed by atoms with Gasteiger partial charge >= 0.3 is 0 Å². The lowest BCUT2D eigenvalue weighted by molar-refractivity contribution is -0.129. The number of carbonyl (C=O) groups is 2. The number of hydrogen-bond donors (Lipinski definition) is 2. The van der Waals surface area contributed by atoms with E-state index in [2.05, 4.69) is 26.6 Å². The summed E-state index contributed by atoms with van der Waals surface area (Å²) in [4.78, 5) is 38.2. The number of anilines is 2. The third kappa shape index (κ3) is 7.32. The van der Waals surface area contributed by atoms with Gasteiger partial charge in [0.05, 0.1) is 22.9 Å². The summed E-state index contributed by atoms with van der Waals surface area (Å²) in [5.41, 5.74) is 3.72. The number of hydrogen-bond acceptors (Lipinski definition) is 7. The Balaban J connectivity index is 1.28. The zero-order valence-electron chi connectivity index (χ0n) is 23.9. The van der Waals surface area contributed by atoms with Crippen LogP contribution in [0.15, 0.2) is 79.0 Å². The first-order valence-corrected chi connectivity index (χ1v) is 14.1. The summed E-state index contributed by atoms with van der Waals surface area (Å²) in [6.45, 7) is 5.06. The number of rotatable bonds is 9. The van der Waals surface area contributed by atoms with E-state index in [0.717, 1.165) is 30.0 Å². The molecule has 5 rings (SSSR count). The molecule has 218 valence electrons. The number of nitriles is 1. The van der Waals surface area contributed by atoms with Gasteiger partial charge in [-0.05, 0) is 53.9 Å². The number of halogens is 1. The van der Waals surface area contributed by atoms with E-state index in [9.17, 15) is 19.2 Å². The first kappa shape index (κ1) is 29.2. The molecular weight excluding hydrogens is 545 g/mol. The Morgan fingerprint density at radius 1 is 0.977 bits per heavy atom. The second-order valence-electron chi connectivity index (χ2n) is 10.3. The Kier molecular flexibility index (Phi) is 9.22. The molecule has 43 heavy (non-hydrogen) atoms. The number of nitrogens with one attached hydrogen (secondary N) is 2. The van der Waals surface area contributed by atoms with Gasteiger partial charge in [-0.15, -0.1) is 0 Å². The van der Waals surface area contributed by atoms with Gasteiger partial charge in [0.15, 0.2) is 0 Å². The van der Waals surface area contributed by atoms with Crippen LogP contribution in [-0.4, -0.2) is 59.4 Å². The quantitative estimate of drug-likeness (QED) is 0.303. The number of carbonyl (C=O) groups excluding carboxylic acids is 2. The van der Waals surface area contributed by atoms with E-state index in [1.165, 1.54) is 12.1 Å². The normalized spacial score (nSPS) is 12.9. The molecule has 0 aliphatic carbocycles. The van der Waals surface area contributed by atoms with Gasteiger partial charge < -0.3 is 20.4 Å². The van der Waals surface area contributed by atoms with Crippen molar-refractivity contribution in [2.75, 3.05) is 42.9 Å². The molecule has 0 unspecified atom stereocenters. The van der Waals surface area contributed by atoms with Crippen LogP contribution in [0.5, 0.6) is 0 Å². The van der Waals surface area contributed by atoms with Crippen LogP contribution in [0.3, 0.4) is 0 Å². The highest BCUT2D eigenvalue weighted by molar-refractivity contribution is 5.99. The Morgan fingerprint density at radius 2 is 1.79 bits per heavy atom. The van der Waals surface area contributed by atoms with E-state index in [-0.39, 0.29) is 24.2 Å². The fraction of sp³-hybridized carbons (Fsp3) is 0.242. The van der Waals surface area contributed by atoms with Crippen LogP contribution in [0.1, 0.15) is 34.0 Å². The van der Waals surface area contributed by atoms with Crippen LogP contribution >= 0.6 is 0 Å². The molecule has 0 atom stereocenters. The summed E-state index contributed by atoms with van der Waals surface area (Å²) in [5, 5.41) is 15.8. The molecule has 0 saturated carbocycles. The van der Waals surface area contributed by atoms with Crippen LogP contribution in [0.25, 0.3) is 11.3 Å². The molecular formula is C33H32FN7O2. The van der Waals surface area contributed by atoms with E-state index in [1.54, 1.807) is 43.5 Å². The van der Waals surface area contributed by atoms with E-state index in [0.29, 0.717) is 54.3 Å². The van der Waals surface area contributed by atoms with Crippen molar-refractivity contribution in [1.82, 2.24) is 20.2 Å². The largest absolute Gasteiger partial charge is 0.369 e. The number of benzene rings is 2. The summed E-state index contributed by atoms with van der Waals surface area (Å²) in [7, 11) is 0. The SMILES string of the molecule is CC(=O)N1CCN(c2ccc(CNC(=O)c3ccc(-c4ccccc4C#N)nc3NCCc3cccc(F)c3)cn2)CC1. The van der Waals surface area contributed by atoms with Gasteiger partial charge in [0.25, 0.3) is 5.91 Å². The fourth-order valence-electron chi connectivity index (χ4n) is 4.99. The van der Waals surface area contributed by atoms with Crippen LogP contribution in [0, 0.1) is 17.1 Å². The second-order valence-corrected chi connectivity index (χ2v) is 10.3. The predicted octanol–water partition coefficient (Wildman–Crippen LogP) is 4.41. The summed E-state index contributed by atoms with van der Waals surface area (Å²) in [5.74, 6) is 0.674. The van der Waals surface area contributed by atoms with Crippen molar-refractivity contribution in [3.05, 3.63) is 107 Å². The number of piperazine rings is 1. The fourth-order valence-corrected chi connectivity index (χ4v) is 4.99. The molecule has 0 bridgehead atoms. The smallest absolute Gasteiger partial charge is 0.255 e. The molecule has 1 fully saturated rings. The lowest BCUT2D eigenvalue weighted by Crippen LogP contribution is -2.48. The van der Waals surface area contributed by atoms with Crippen LogP contribution in [-0.2, 0) is 17.8 Å². The van der Waals surface area contributed by atoms with Crippen molar-refractivity contribution < 1.29 is 14.0 Å². The number of nitrogens with zero attached hydrogens (tertiary/aromatic N) is 5. The molecule has 1 saturated heterocycles. The molecule has 1 aliphatic rings. The molecule has 0 radical (unpaired) electrons. The van der Waals surface area contributed by atoms with Crippen molar-refractivity contribution in [1.29, 1.82) is 5.26 Å². The third-order valence-corrected chi connectivity index (χ3v) is 7.37. The van der Waals surface area contributed by atoms with Crippen molar-refractivity contribution >= 4 is 23.5 Å². The van der Waals surface area contributed by atoms with Crippen molar-refractivity contribution in [2.45, 2.75) is 19.9 Å². The minimum absolute atomic E-state index is 0.0838. The zero-order chi connectivity index (χ0) is 30.2. The molecule has 10 heteroatoms. The highest BCUT2D eigenvalue weighted by atomic mass is 19.1. The highest BCUT2D eigenvalue weighted by Gasteiger charge is 2.20. The number of amides is 2. The Bertz CT molecular complexity index is 1640. The first-order valence-electron chi connectivity index (χ1n) is 14.1. The monoisotopic (exact) mass is 577 g/mol. The minimum Gasteiger partial charge on any atom is -0.369 e. The highest BCUT2D eigenvalue weighted by Crippen LogP contribution is 2.25. The van der Waals surface area contributed by atoms with E-state index >= 15 is 0 Å². The van der Waals surface area contributed by atoms with Crippen LogP contribution < -0.4 is 15.5 Å². The van der Waals surface area contributed by atoms with Crippen LogP contribution in [0.4, 0.5) is 16.0 Å². The summed E-state index contributed by atoms with van der Waals surface area (Å²) >= 11 is 0. The average Bonchev–Trinajstić information content (AvgIpc) is 3.04.